The molecule has 0 fully saturated rings. The minimum atomic E-state index is -0.354. The van der Waals surface area contributed by atoms with E-state index in [0.717, 1.165) is 3.57 Å². The van der Waals surface area contributed by atoms with Crippen molar-refractivity contribution in [3.63, 3.8) is 0 Å². The molecule has 0 radical (unpaired) electrons. The number of ether oxygens (including phenoxy) is 1. The molecule has 21 heavy (non-hydrogen) atoms. The lowest BCUT2D eigenvalue weighted by Gasteiger charge is -2.09. The normalized spacial score (nSPS) is 10.2. The molecule has 0 unspecified atom stereocenters. The summed E-state index contributed by atoms with van der Waals surface area (Å²) < 4.78 is 19.1. The molecule has 0 aliphatic carbocycles. The van der Waals surface area contributed by atoms with Crippen LogP contribution in [0.1, 0.15) is 10.4 Å². The largest absolute Gasteiger partial charge is 0.492 e. The van der Waals surface area contributed by atoms with Crippen molar-refractivity contribution >= 4 is 40.1 Å². The minimum Gasteiger partial charge on any atom is -0.492 e. The van der Waals surface area contributed by atoms with Crippen LogP contribution in [0.3, 0.4) is 0 Å². The van der Waals surface area contributed by atoms with E-state index in [0.29, 0.717) is 22.9 Å². The maximum absolute atomic E-state index is 12.9. The first kappa shape index (κ1) is 16.0. The van der Waals surface area contributed by atoms with Gasteiger partial charge in [0.05, 0.1) is 12.1 Å². The fourth-order valence-electron chi connectivity index (χ4n) is 1.66. The molecule has 0 spiro atoms. The van der Waals surface area contributed by atoms with Crippen LogP contribution in [0, 0.1) is 9.39 Å². The summed E-state index contributed by atoms with van der Waals surface area (Å²) in [6.07, 6.45) is 0. The highest BCUT2D eigenvalue weighted by Crippen LogP contribution is 2.18. The Kier molecular flexibility index (Phi) is 5.81. The number of halogens is 3. The Balaban J connectivity index is 1.82. The van der Waals surface area contributed by atoms with E-state index in [-0.39, 0.29) is 18.3 Å². The molecule has 3 nitrogen and oxygen atoms in total. The van der Waals surface area contributed by atoms with Gasteiger partial charge in [-0.2, -0.15) is 0 Å². The number of hydrogen-bond donors (Lipinski definition) is 1. The van der Waals surface area contributed by atoms with Gasteiger partial charge >= 0.3 is 0 Å². The van der Waals surface area contributed by atoms with E-state index in [1.165, 1.54) is 12.1 Å². The maximum atomic E-state index is 12.9. The van der Waals surface area contributed by atoms with E-state index in [4.69, 9.17) is 16.3 Å². The summed E-state index contributed by atoms with van der Waals surface area (Å²) in [5.74, 6) is -0.114. The Hall–Kier alpha value is -1.34. The van der Waals surface area contributed by atoms with Crippen molar-refractivity contribution in [1.29, 1.82) is 0 Å². The van der Waals surface area contributed by atoms with Crippen molar-refractivity contribution in [2.45, 2.75) is 0 Å². The molecular weight excluding hydrogens is 408 g/mol. The van der Waals surface area contributed by atoms with Crippen LogP contribution in [0.2, 0.25) is 5.02 Å². The van der Waals surface area contributed by atoms with E-state index in [1.807, 2.05) is 0 Å². The first-order chi connectivity index (χ1) is 10.1. The molecule has 0 bridgehead atoms. The van der Waals surface area contributed by atoms with Crippen molar-refractivity contribution in [2.24, 2.45) is 0 Å². The molecule has 110 valence electrons. The second-order valence-electron chi connectivity index (χ2n) is 4.19. The molecular formula is C15H12ClFINO2. The molecule has 0 heterocycles. The van der Waals surface area contributed by atoms with E-state index in [9.17, 15) is 9.18 Å². The Morgan fingerprint density at radius 1 is 1.29 bits per heavy atom. The van der Waals surface area contributed by atoms with Gasteiger partial charge in [-0.1, -0.05) is 17.7 Å². The van der Waals surface area contributed by atoms with Gasteiger partial charge in [0, 0.05) is 14.7 Å². The van der Waals surface area contributed by atoms with Crippen LogP contribution >= 0.6 is 34.2 Å². The van der Waals surface area contributed by atoms with Gasteiger partial charge in [0.1, 0.15) is 18.2 Å². The minimum absolute atomic E-state index is 0.195. The molecule has 2 aromatic carbocycles. The molecule has 0 aromatic heterocycles. The number of amides is 1. The van der Waals surface area contributed by atoms with Crippen molar-refractivity contribution in [2.75, 3.05) is 13.2 Å². The van der Waals surface area contributed by atoms with Gasteiger partial charge in [-0.15, -0.1) is 0 Å². The average Bonchev–Trinajstić information content (AvgIpc) is 2.43. The van der Waals surface area contributed by atoms with Crippen LogP contribution in [0.4, 0.5) is 4.39 Å². The highest BCUT2D eigenvalue weighted by molar-refractivity contribution is 14.1. The second kappa shape index (κ2) is 7.61. The average molecular weight is 420 g/mol. The van der Waals surface area contributed by atoms with Gasteiger partial charge in [-0.25, -0.2) is 4.39 Å². The topological polar surface area (TPSA) is 38.3 Å². The lowest BCUT2D eigenvalue weighted by molar-refractivity contribution is 0.0946. The van der Waals surface area contributed by atoms with Gasteiger partial charge in [0.2, 0.25) is 0 Å². The Morgan fingerprint density at radius 2 is 2.10 bits per heavy atom. The summed E-state index contributed by atoms with van der Waals surface area (Å²) in [5.41, 5.74) is 0.561. The van der Waals surface area contributed by atoms with E-state index < -0.39 is 0 Å². The van der Waals surface area contributed by atoms with Crippen LogP contribution in [-0.2, 0) is 0 Å². The summed E-state index contributed by atoms with van der Waals surface area (Å²) in [4.78, 5) is 12.0. The zero-order valence-corrected chi connectivity index (χ0v) is 13.8. The van der Waals surface area contributed by atoms with Crippen LogP contribution in [0.25, 0.3) is 0 Å². The molecule has 1 N–H and O–H groups in total. The highest BCUT2D eigenvalue weighted by atomic mass is 127. The smallest absolute Gasteiger partial charge is 0.252 e. The van der Waals surface area contributed by atoms with Gasteiger partial charge < -0.3 is 10.1 Å². The number of rotatable bonds is 5. The predicted molar refractivity (Wildman–Crippen MR) is 88.4 cm³/mol. The SMILES string of the molecule is O=C(NCCOc1cccc(F)c1)c1ccc(Cl)cc1I. The van der Waals surface area contributed by atoms with E-state index in [1.54, 1.807) is 30.3 Å². The molecule has 2 aromatic rings. The first-order valence-corrected chi connectivity index (χ1v) is 7.63. The van der Waals surface area contributed by atoms with Crippen LogP contribution in [0.5, 0.6) is 5.75 Å². The molecule has 0 atom stereocenters. The molecule has 0 aliphatic rings. The third-order valence-corrected chi connectivity index (χ3v) is 3.76. The second-order valence-corrected chi connectivity index (χ2v) is 5.78. The number of nitrogens with one attached hydrogen (secondary N) is 1. The van der Waals surface area contributed by atoms with Crippen molar-refractivity contribution in [3.05, 3.63) is 62.4 Å². The van der Waals surface area contributed by atoms with Gasteiger partial charge in [0.25, 0.3) is 5.91 Å². The first-order valence-electron chi connectivity index (χ1n) is 6.18. The number of hydrogen-bond acceptors (Lipinski definition) is 2. The molecule has 0 aliphatic heterocycles. The van der Waals surface area contributed by atoms with Crippen molar-refractivity contribution < 1.29 is 13.9 Å². The molecule has 6 heteroatoms. The molecule has 2 rings (SSSR count). The van der Waals surface area contributed by atoms with Crippen molar-refractivity contribution in [3.8, 4) is 5.75 Å². The Morgan fingerprint density at radius 3 is 2.81 bits per heavy atom. The summed E-state index contributed by atoms with van der Waals surface area (Å²) >= 11 is 7.90. The molecule has 0 saturated heterocycles. The maximum Gasteiger partial charge on any atom is 0.252 e. The monoisotopic (exact) mass is 419 g/mol. The number of carbonyl (C=O) groups excluding carboxylic acids is 1. The van der Waals surface area contributed by atoms with Crippen LogP contribution in [0.15, 0.2) is 42.5 Å². The van der Waals surface area contributed by atoms with Gasteiger partial charge in [-0.3, -0.25) is 4.79 Å². The fraction of sp³-hybridized carbons (Fsp3) is 0.133. The van der Waals surface area contributed by atoms with Gasteiger partial charge in [-0.05, 0) is 52.9 Å². The zero-order valence-electron chi connectivity index (χ0n) is 10.9. The quantitative estimate of drug-likeness (QED) is 0.590. The van der Waals surface area contributed by atoms with Crippen molar-refractivity contribution in [1.82, 2.24) is 5.32 Å². The van der Waals surface area contributed by atoms with Crippen LogP contribution < -0.4 is 10.1 Å². The molecule has 0 saturated carbocycles. The highest BCUT2D eigenvalue weighted by Gasteiger charge is 2.09. The fourth-order valence-corrected chi connectivity index (χ4v) is 2.78. The standard InChI is InChI=1S/C15H12ClFINO2/c16-10-4-5-13(14(18)8-10)15(20)19-6-7-21-12-3-1-2-11(17)9-12/h1-5,8-9H,6-7H2,(H,19,20). The van der Waals surface area contributed by atoms with Crippen LogP contribution in [-0.4, -0.2) is 19.1 Å². The van der Waals surface area contributed by atoms with E-state index in [2.05, 4.69) is 27.9 Å². The van der Waals surface area contributed by atoms with Gasteiger partial charge in [0.15, 0.2) is 0 Å². The zero-order chi connectivity index (χ0) is 15.2. The summed E-state index contributed by atoms with van der Waals surface area (Å²) in [6, 6.07) is 10.9. The Bertz CT molecular complexity index is 651. The lowest BCUT2D eigenvalue weighted by atomic mass is 10.2. The third-order valence-electron chi connectivity index (χ3n) is 2.63. The summed E-state index contributed by atoms with van der Waals surface area (Å²) in [7, 11) is 0. The summed E-state index contributed by atoms with van der Waals surface area (Å²) in [5, 5.41) is 3.33. The third kappa shape index (κ3) is 4.86. The summed E-state index contributed by atoms with van der Waals surface area (Å²) in [6.45, 7) is 0.591. The number of carbonyl (C=O) groups is 1. The lowest BCUT2D eigenvalue weighted by Crippen LogP contribution is -2.28. The number of benzene rings is 2. The van der Waals surface area contributed by atoms with E-state index >= 15 is 0 Å². The molecule has 1 amide bonds. The predicted octanol–water partition coefficient (Wildman–Crippen LogP) is 3.89. The Labute approximate surface area is 140 Å².